The Bertz CT molecular complexity index is 1430. The highest BCUT2D eigenvalue weighted by Gasteiger charge is 2.12. The van der Waals surface area contributed by atoms with E-state index in [1.807, 2.05) is 24.3 Å². The van der Waals surface area contributed by atoms with E-state index in [1.54, 1.807) is 41.2 Å². The van der Waals surface area contributed by atoms with Crippen LogP contribution in [-0.2, 0) is 0 Å². The summed E-state index contributed by atoms with van der Waals surface area (Å²) >= 11 is 0. The lowest BCUT2D eigenvalue weighted by atomic mass is 10.1. The molecule has 0 saturated heterocycles. The van der Waals surface area contributed by atoms with Gasteiger partial charge in [0.25, 0.3) is 5.91 Å². The molecule has 5 aromatic rings. The standard InChI is InChI=1S/C23H14F2N6O/c24-18-6-3-16(13-19(18)25)23(32)27-17-4-1-14(2-5-17)20-7-8-21-28-29-22(31(21)30-20)15-9-11-26-12-10-15/h1-13H,(H,27,32). The number of pyridine rings is 1. The Labute approximate surface area is 180 Å². The zero-order valence-corrected chi connectivity index (χ0v) is 16.4. The van der Waals surface area contributed by atoms with Gasteiger partial charge in [0.05, 0.1) is 5.69 Å². The van der Waals surface area contributed by atoms with Gasteiger partial charge in [-0.2, -0.15) is 9.61 Å². The average Bonchev–Trinajstić information content (AvgIpc) is 3.25. The van der Waals surface area contributed by atoms with Crippen LogP contribution >= 0.6 is 0 Å². The van der Waals surface area contributed by atoms with Crippen LogP contribution in [0.2, 0.25) is 0 Å². The molecule has 0 atom stereocenters. The van der Waals surface area contributed by atoms with Gasteiger partial charge in [-0.25, -0.2) is 8.78 Å². The Morgan fingerprint density at radius 2 is 1.59 bits per heavy atom. The van der Waals surface area contributed by atoms with Gasteiger partial charge in [0.15, 0.2) is 23.1 Å². The topological polar surface area (TPSA) is 85.1 Å². The van der Waals surface area contributed by atoms with Gasteiger partial charge in [0.1, 0.15) is 0 Å². The first-order valence-corrected chi connectivity index (χ1v) is 9.58. The third-order valence-corrected chi connectivity index (χ3v) is 4.82. The summed E-state index contributed by atoms with van der Waals surface area (Å²) in [6.45, 7) is 0. The quantitative estimate of drug-likeness (QED) is 0.459. The van der Waals surface area contributed by atoms with Crippen LogP contribution in [0.1, 0.15) is 10.4 Å². The maximum Gasteiger partial charge on any atom is 0.255 e. The molecule has 7 nitrogen and oxygen atoms in total. The molecule has 3 heterocycles. The lowest BCUT2D eigenvalue weighted by Crippen LogP contribution is -2.12. The number of fused-ring (bicyclic) bond motifs is 1. The van der Waals surface area contributed by atoms with Crippen molar-refractivity contribution in [1.82, 2.24) is 24.8 Å². The van der Waals surface area contributed by atoms with E-state index in [9.17, 15) is 13.6 Å². The third kappa shape index (κ3) is 3.67. The van der Waals surface area contributed by atoms with Crippen molar-refractivity contribution in [2.24, 2.45) is 0 Å². The molecule has 0 aliphatic heterocycles. The molecule has 0 saturated carbocycles. The minimum Gasteiger partial charge on any atom is -0.322 e. The molecule has 0 aliphatic carbocycles. The molecular weight excluding hydrogens is 414 g/mol. The van der Waals surface area contributed by atoms with Crippen molar-refractivity contribution in [2.75, 3.05) is 5.32 Å². The van der Waals surface area contributed by atoms with Crippen LogP contribution in [0.5, 0.6) is 0 Å². The number of aromatic nitrogens is 5. The lowest BCUT2D eigenvalue weighted by Gasteiger charge is -2.07. The molecule has 0 unspecified atom stereocenters. The molecule has 156 valence electrons. The van der Waals surface area contributed by atoms with Crippen molar-refractivity contribution in [3.63, 3.8) is 0 Å². The van der Waals surface area contributed by atoms with Crippen LogP contribution in [0.15, 0.2) is 79.1 Å². The van der Waals surface area contributed by atoms with Crippen LogP contribution in [-0.4, -0.2) is 30.7 Å². The SMILES string of the molecule is O=C(Nc1ccc(-c2ccc3nnc(-c4ccncc4)n3n2)cc1)c1ccc(F)c(F)c1. The molecule has 5 rings (SSSR count). The maximum atomic E-state index is 13.4. The number of carbonyl (C=O) groups is 1. The fourth-order valence-corrected chi connectivity index (χ4v) is 3.19. The van der Waals surface area contributed by atoms with Crippen LogP contribution in [0.4, 0.5) is 14.5 Å². The predicted octanol–water partition coefficient (Wildman–Crippen LogP) is 4.38. The van der Waals surface area contributed by atoms with E-state index >= 15 is 0 Å². The Morgan fingerprint density at radius 1 is 0.812 bits per heavy atom. The van der Waals surface area contributed by atoms with Crippen molar-refractivity contribution in [3.05, 3.63) is 96.3 Å². The van der Waals surface area contributed by atoms with Gasteiger partial charge in [0.2, 0.25) is 0 Å². The molecule has 9 heteroatoms. The van der Waals surface area contributed by atoms with Crippen LogP contribution < -0.4 is 5.32 Å². The first-order valence-electron chi connectivity index (χ1n) is 9.58. The Morgan fingerprint density at radius 3 is 2.34 bits per heavy atom. The highest BCUT2D eigenvalue weighted by Crippen LogP contribution is 2.23. The lowest BCUT2D eigenvalue weighted by molar-refractivity contribution is 0.102. The summed E-state index contributed by atoms with van der Waals surface area (Å²) < 4.78 is 28.1. The molecule has 0 spiro atoms. The number of benzene rings is 2. The second kappa shape index (κ2) is 7.95. The average molecular weight is 428 g/mol. The zero-order valence-electron chi connectivity index (χ0n) is 16.4. The summed E-state index contributed by atoms with van der Waals surface area (Å²) in [6.07, 6.45) is 3.35. The van der Waals surface area contributed by atoms with Gasteiger partial charge >= 0.3 is 0 Å². The van der Waals surface area contributed by atoms with E-state index in [4.69, 9.17) is 0 Å². The molecule has 0 aliphatic rings. The molecule has 0 radical (unpaired) electrons. The monoisotopic (exact) mass is 428 g/mol. The van der Waals surface area contributed by atoms with Crippen molar-refractivity contribution in [1.29, 1.82) is 0 Å². The second-order valence-corrected chi connectivity index (χ2v) is 6.91. The zero-order chi connectivity index (χ0) is 22.1. The summed E-state index contributed by atoms with van der Waals surface area (Å²) in [5.74, 6) is -2.02. The number of halogens is 2. The van der Waals surface area contributed by atoms with E-state index in [1.165, 1.54) is 6.07 Å². The number of hydrogen-bond acceptors (Lipinski definition) is 5. The first-order chi connectivity index (χ1) is 15.6. The molecular formula is C23H14F2N6O. The highest BCUT2D eigenvalue weighted by molar-refractivity contribution is 6.04. The smallest absolute Gasteiger partial charge is 0.255 e. The van der Waals surface area contributed by atoms with Crippen molar-refractivity contribution >= 4 is 17.2 Å². The molecule has 2 aromatic carbocycles. The van der Waals surface area contributed by atoms with Gasteiger partial charge < -0.3 is 5.32 Å². The normalized spacial score (nSPS) is 10.9. The molecule has 1 N–H and O–H groups in total. The minimum absolute atomic E-state index is 0.0244. The van der Waals surface area contributed by atoms with Crippen LogP contribution in [0, 0.1) is 11.6 Å². The summed E-state index contributed by atoms with van der Waals surface area (Å²) in [6, 6.07) is 17.3. The van der Waals surface area contributed by atoms with Crippen molar-refractivity contribution in [2.45, 2.75) is 0 Å². The molecule has 32 heavy (non-hydrogen) atoms. The summed E-state index contributed by atoms with van der Waals surface area (Å²) in [7, 11) is 0. The first kappa shape index (κ1) is 19.4. The number of hydrogen-bond donors (Lipinski definition) is 1. The van der Waals surface area contributed by atoms with Crippen molar-refractivity contribution in [3.8, 4) is 22.6 Å². The molecule has 3 aromatic heterocycles. The van der Waals surface area contributed by atoms with Crippen LogP contribution in [0.3, 0.4) is 0 Å². The van der Waals surface area contributed by atoms with Crippen molar-refractivity contribution < 1.29 is 13.6 Å². The second-order valence-electron chi connectivity index (χ2n) is 6.91. The number of nitrogens with zero attached hydrogens (tertiary/aromatic N) is 5. The third-order valence-electron chi connectivity index (χ3n) is 4.82. The molecule has 0 fully saturated rings. The van der Waals surface area contributed by atoms with E-state index < -0.39 is 17.5 Å². The van der Waals surface area contributed by atoms with E-state index in [0.29, 0.717) is 22.9 Å². The minimum atomic E-state index is -1.07. The highest BCUT2D eigenvalue weighted by atomic mass is 19.2. The van der Waals surface area contributed by atoms with Crippen LogP contribution in [0.25, 0.3) is 28.3 Å². The number of amides is 1. The predicted molar refractivity (Wildman–Crippen MR) is 114 cm³/mol. The van der Waals surface area contributed by atoms with E-state index in [2.05, 4.69) is 25.6 Å². The number of anilines is 1. The number of carbonyl (C=O) groups excluding carboxylic acids is 1. The summed E-state index contributed by atoms with van der Waals surface area (Å²) in [5.41, 5.74) is 3.48. The summed E-state index contributed by atoms with van der Waals surface area (Å²) in [4.78, 5) is 16.3. The van der Waals surface area contributed by atoms with Gasteiger partial charge in [0, 0.05) is 34.8 Å². The number of nitrogens with one attached hydrogen (secondary N) is 1. The fourth-order valence-electron chi connectivity index (χ4n) is 3.19. The molecule has 0 bridgehead atoms. The summed E-state index contributed by atoms with van der Waals surface area (Å²) in [5, 5.41) is 15.7. The van der Waals surface area contributed by atoms with E-state index in [0.717, 1.165) is 23.3 Å². The van der Waals surface area contributed by atoms with Gasteiger partial charge in [-0.15, -0.1) is 10.2 Å². The molecule has 1 amide bonds. The Kier molecular flexibility index (Phi) is 4.83. The van der Waals surface area contributed by atoms with Gasteiger partial charge in [-0.3, -0.25) is 9.78 Å². The Balaban J connectivity index is 1.40. The van der Waals surface area contributed by atoms with E-state index in [-0.39, 0.29) is 5.56 Å². The van der Waals surface area contributed by atoms with Gasteiger partial charge in [-0.05, 0) is 54.6 Å². The number of rotatable bonds is 4. The van der Waals surface area contributed by atoms with Gasteiger partial charge in [-0.1, -0.05) is 12.1 Å². The maximum absolute atomic E-state index is 13.4. The Hall–Kier alpha value is -4.53. The largest absolute Gasteiger partial charge is 0.322 e. The fraction of sp³-hybridized carbons (Fsp3) is 0.